The van der Waals surface area contributed by atoms with Crippen molar-refractivity contribution >= 4 is 17.2 Å². The monoisotopic (exact) mass is 324 g/mol. The van der Waals surface area contributed by atoms with E-state index in [9.17, 15) is 13.6 Å². The Balaban J connectivity index is 0.000000346. The van der Waals surface area contributed by atoms with E-state index in [1.165, 1.54) is 18.8 Å². The van der Waals surface area contributed by atoms with E-state index < -0.39 is 17.2 Å². The maximum Gasteiger partial charge on any atom is 0.285 e. The molecule has 9 nitrogen and oxygen atoms in total. The summed E-state index contributed by atoms with van der Waals surface area (Å²) in [6, 6.07) is 3.53. The van der Waals surface area contributed by atoms with Crippen LogP contribution in [0.2, 0.25) is 0 Å². The Kier molecular flexibility index (Phi) is 7.16. The lowest BCUT2D eigenvalue weighted by Crippen LogP contribution is -2.43. The zero-order chi connectivity index (χ0) is 16.5. The molecule has 0 fully saturated rings. The molecule has 0 spiro atoms. The summed E-state index contributed by atoms with van der Waals surface area (Å²) in [5, 5.41) is 4.03. The largest absolute Gasteiger partial charge is 0.760 e. The lowest BCUT2D eigenvalue weighted by molar-refractivity contribution is -0.742. The second-order valence-corrected chi connectivity index (χ2v) is 5.35. The van der Waals surface area contributed by atoms with Gasteiger partial charge in [-0.05, 0) is 25.3 Å². The predicted octanol–water partition coefficient (Wildman–Crippen LogP) is -1.35. The highest BCUT2D eigenvalue weighted by Gasteiger charge is 2.08. The Morgan fingerprint density at radius 3 is 2.41 bits per heavy atom. The summed E-state index contributed by atoms with van der Waals surface area (Å²) < 4.78 is 21.8. The average Bonchev–Trinajstić information content (AvgIpc) is 2.49. The van der Waals surface area contributed by atoms with Crippen molar-refractivity contribution in [2.24, 2.45) is 5.73 Å². The van der Waals surface area contributed by atoms with Crippen LogP contribution in [0.25, 0.3) is 11.4 Å². The number of hydrogen-bond acceptors (Lipinski definition) is 6. The second-order valence-electron chi connectivity index (χ2n) is 4.18. The minimum Gasteiger partial charge on any atom is -0.760 e. The molecule has 0 radical (unpaired) electrons. The summed E-state index contributed by atoms with van der Waals surface area (Å²) in [6.07, 6.45) is 6.58. The maximum atomic E-state index is 10.7. The normalized spacial score (nSPS) is 11.5. The fourth-order valence-electron chi connectivity index (χ4n) is 1.22. The van der Waals surface area contributed by atoms with Gasteiger partial charge in [-0.15, -0.1) is 0 Å². The van der Waals surface area contributed by atoms with Crippen molar-refractivity contribution in [3.63, 3.8) is 0 Å². The molecule has 1 atom stereocenters. The Morgan fingerprint density at radius 1 is 1.41 bits per heavy atom. The molecule has 10 heteroatoms. The summed E-state index contributed by atoms with van der Waals surface area (Å²) in [4.78, 5) is 18.8. The van der Waals surface area contributed by atoms with E-state index in [0.717, 1.165) is 9.87 Å². The molecular weight excluding hydrogens is 308 g/mol. The van der Waals surface area contributed by atoms with Crippen LogP contribution < -0.4 is 10.4 Å². The zero-order valence-corrected chi connectivity index (χ0v) is 12.9. The van der Waals surface area contributed by atoms with Gasteiger partial charge in [0.05, 0.1) is 0 Å². The van der Waals surface area contributed by atoms with Crippen LogP contribution in [-0.2, 0) is 22.6 Å². The summed E-state index contributed by atoms with van der Waals surface area (Å²) in [6.45, 7) is 0.0654. The van der Waals surface area contributed by atoms with Gasteiger partial charge in [0.1, 0.15) is 6.20 Å². The third-order valence-corrected chi connectivity index (χ3v) is 2.81. The van der Waals surface area contributed by atoms with E-state index in [4.69, 9.17) is 5.73 Å². The fourth-order valence-corrected chi connectivity index (χ4v) is 1.22. The topological polar surface area (TPSA) is 129 Å². The number of aromatic nitrogens is 4. The molecule has 0 aliphatic rings. The highest BCUT2D eigenvalue weighted by molar-refractivity contribution is 7.76. The number of rotatable bonds is 4. The number of carbonyl (C=O) groups is 1. The van der Waals surface area contributed by atoms with E-state index in [0.29, 0.717) is 5.82 Å². The minimum absolute atomic E-state index is 0.0654. The molecule has 0 saturated carbocycles. The zero-order valence-electron chi connectivity index (χ0n) is 12.1. The van der Waals surface area contributed by atoms with Gasteiger partial charge in [0.2, 0.25) is 0 Å². The fraction of sp³-hybridized carbons (Fsp3) is 0.250. The highest BCUT2D eigenvalue weighted by Crippen LogP contribution is 2.08. The van der Waals surface area contributed by atoms with Gasteiger partial charge in [-0.1, -0.05) is 4.68 Å². The van der Waals surface area contributed by atoms with Crippen molar-refractivity contribution in [3.8, 4) is 11.4 Å². The SMILES string of the molecule is CN(C)S(=O)[O-].NC(=O)C[n+]1ccc(-c2ncccn2)cn1. The molecule has 1 unspecified atom stereocenters. The van der Waals surface area contributed by atoms with Crippen LogP contribution in [0.1, 0.15) is 0 Å². The van der Waals surface area contributed by atoms with Crippen molar-refractivity contribution < 1.29 is 18.2 Å². The molecule has 2 aromatic rings. The number of amides is 1. The molecule has 0 aromatic carbocycles. The molecular formula is C12H16N6O3S. The Hall–Kier alpha value is -2.30. The molecule has 22 heavy (non-hydrogen) atoms. The molecule has 0 aliphatic heterocycles. The quantitative estimate of drug-likeness (QED) is 0.547. The molecule has 0 aliphatic carbocycles. The van der Waals surface area contributed by atoms with Crippen LogP contribution in [0.5, 0.6) is 0 Å². The lowest BCUT2D eigenvalue weighted by atomic mass is 10.3. The smallest absolute Gasteiger partial charge is 0.285 e. The molecule has 0 bridgehead atoms. The van der Waals surface area contributed by atoms with Gasteiger partial charge in [0, 0.05) is 35.3 Å². The van der Waals surface area contributed by atoms with Crippen molar-refractivity contribution in [3.05, 3.63) is 36.9 Å². The molecule has 2 heterocycles. The standard InChI is InChI=1S/C10H9N5O.C2H7NO2S/c11-9(16)7-15-5-2-8(6-14-15)10-12-3-1-4-13-10;1-3(2)6(4)5/h1-6H,7H2,(H-,11,16);1-2H3,(H,4,5). The van der Waals surface area contributed by atoms with Crippen LogP contribution in [-0.4, -0.2) is 48.1 Å². The number of hydrogen-bond donors (Lipinski definition) is 1. The van der Waals surface area contributed by atoms with Gasteiger partial charge < -0.3 is 10.3 Å². The van der Waals surface area contributed by atoms with Crippen LogP contribution in [0.3, 0.4) is 0 Å². The van der Waals surface area contributed by atoms with Gasteiger partial charge in [0.15, 0.2) is 12.0 Å². The van der Waals surface area contributed by atoms with E-state index in [-0.39, 0.29) is 6.54 Å². The van der Waals surface area contributed by atoms with E-state index in [1.54, 1.807) is 36.9 Å². The molecule has 1 amide bonds. The first-order valence-electron chi connectivity index (χ1n) is 6.08. The summed E-state index contributed by atoms with van der Waals surface area (Å²) in [7, 11) is 2.92. The van der Waals surface area contributed by atoms with Crippen LogP contribution in [0.15, 0.2) is 36.9 Å². The highest BCUT2D eigenvalue weighted by atomic mass is 32.2. The van der Waals surface area contributed by atoms with E-state index >= 15 is 0 Å². The van der Waals surface area contributed by atoms with E-state index in [1.807, 2.05) is 0 Å². The molecule has 2 aromatic heterocycles. The number of nitrogens with two attached hydrogens (primary N) is 1. The van der Waals surface area contributed by atoms with Gasteiger partial charge in [-0.3, -0.25) is 9.00 Å². The van der Waals surface area contributed by atoms with Crippen LogP contribution >= 0.6 is 0 Å². The van der Waals surface area contributed by atoms with Gasteiger partial charge in [-0.2, -0.15) is 0 Å². The molecule has 118 valence electrons. The molecule has 2 N–H and O–H groups in total. The van der Waals surface area contributed by atoms with Crippen LogP contribution in [0.4, 0.5) is 0 Å². The van der Waals surface area contributed by atoms with E-state index in [2.05, 4.69) is 15.1 Å². The third kappa shape index (κ3) is 6.43. The Bertz CT molecular complexity index is 621. The molecule has 0 saturated heterocycles. The first-order chi connectivity index (χ1) is 10.4. The van der Waals surface area contributed by atoms with Crippen molar-refractivity contribution in [2.45, 2.75) is 6.54 Å². The summed E-state index contributed by atoms with van der Waals surface area (Å²) in [5.41, 5.74) is 5.84. The first-order valence-corrected chi connectivity index (χ1v) is 7.11. The Labute approximate surface area is 130 Å². The third-order valence-electron chi connectivity index (χ3n) is 2.21. The van der Waals surface area contributed by atoms with Gasteiger partial charge in [0.25, 0.3) is 12.5 Å². The van der Waals surface area contributed by atoms with Crippen molar-refractivity contribution in [2.75, 3.05) is 14.1 Å². The number of primary amides is 1. The second kappa shape index (κ2) is 8.87. The summed E-state index contributed by atoms with van der Waals surface area (Å²) >= 11 is -2.03. The van der Waals surface area contributed by atoms with Gasteiger partial charge in [-0.25, -0.2) is 14.3 Å². The maximum absolute atomic E-state index is 10.7. The van der Waals surface area contributed by atoms with Crippen molar-refractivity contribution in [1.29, 1.82) is 0 Å². The summed E-state index contributed by atoms with van der Waals surface area (Å²) in [5.74, 6) is 0.169. The number of carbonyl (C=O) groups excluding carboxylic acids is 1. The van der Waals surface area contributed by atoms with Crippen molar-refractivity contribution in [1.82, 2.24) is 19.4 Å². The minimum atomic E-state index is -2.03. The Morgan fingerprint density at radius 2 is 2.00 bits per heavy atom. The first kappa shape index (κ1) is 17.8. The van der Waals surface area contributed by atoms with Crippen LogP contribution in [0, 0.1) is 0 Å². The lowest BCUT2D eigenvalue weighted by Gasteiger charge is -2.10. The predicted molar refractivity (Wildman–Crippen MR) is 77.3 cm³/mol. The average molecular weight is 324 g/mol. The molecule has 2 rings (SSSR count). The van der Waals surface area contributed by atoms with Gasteiger partial charge >= 0.3 is 0 Å². The number of nitrogens with zero attached hydrogens (tertiary/aromatic N) is 5.